The Bertz CT molecular complexity index is 410. The minimum absolute atomic E-state index is 0.284. The van der Waals surface area contributed by atoms with Crippen molar-refractivity contribution in [1.29, 1.82) is 0 Å². The molecule has 0 aliphatic carbocycles. The maximum absolute atomic E-state index is 13.1. The Morgan fingerprint density at radius 3 is 2.38 bits per heavy atom. The normalized spacial score (nSPS) is 19.3. The van der Waals surface area contributed by atoms with Gasteiger partial charge in [-0.15, -0.1) is 0 Å². The maximum Gasteiger partial charge on any atom is 0.402 e. The Balaban J connectivity index is 2.53. The summed E-state index contributed by atoms with van der Waals surface area (Å²) < 4.78 is 44.6. The molecule has 0 atom stereocenters. The zero-order valence-corrected chi connectivity index (χ0v) is 10.2. The number of alkyl halides is 3. The summed E-state index contributed by atoms with van der Waals surface area (Å²) in [6.07, 6.45) is -4.27. The van der Waals surface area contributed by atoms with Gasteiger partial charge in [0.1, 0.15) is 5.41 Å². The van der Waals surface area contributed by atoms with E-state index in [2.05, 4.69) is 15.9 Å². The van der Waals surface area contributed by atoms with Crippen molar-refractivity contribution < 1.29 is 17.9 Å². The molecule has 1 aromatic carbocycles. The van der Waals surface area contributed by atoms with Gasteiger partial charge in [0.15, 0.2) is 0 Å². The van der Waals surface area contributed by atoms with Crippen molar-refractivity contribution in [3.63, 3.8) is 0 Å². The van der Waals surface area contributed by atoms with E-state index in [9.17, 15) is 13.2 Å². The van der Waals surface area contributed by atoms with Gasteiger partial charge >= 0.3 is 6.18 Å². The predicted octanol–water partition coefficient (Wildman–Crippen LogP) is 3.59. The highest BCUT2D eigenvalue weighted by Crippen LogP contribution is 2.47. The summed E-state index contributed by atoms with van der Waals surface area (Å²) in [7, 11) is 0. The molecule has 0 bridgehead atoms. The van der Waals surface area contributed by atoms with Gasteiger partial charge in [-0.1, -0.05) is 22.0 Å². The standard InChI is InChI=1S/C11H10BrF3O/c1-7-2-3-8(12)4-9(7)10(5-16-6-10)11(13,14)15/h2-4H,5-6H2,1H3. The zero-order valence-electron chi connectivity index (χ0n) is 8.57. The highest BCUT2D eigenvalue weighted by Gasteiger charge is 2.61. The van der Waals surface area contributed by atoms with Crippen LogP contribution in [0.2, 0.25) is 0 Å². The number of ether oxygens (including phenoxy) is 1. The number of hydrogen-bond donors (Lipinski definition) is 0. The van der Waals surface area contributed by atoms with Crippen LogP contribution in [0.15, 0.2) is 22.7 Å². The molecule has 1 heterocycles. The Kier molecular flexibility index (Phi) is 2.78. The van der Waals surface area contributed by atoms with Crippen LogP contribution in [0, 0.1) is 6.92 Å². The Morgan fingerprint density at radius 1 is 1.31 bits per heavy atom. The number of halogens is 4. The van der Waals surface area contributed by atoms with Crippen LogP contribution in [0.25, 0.3) is 0 Å². The lowest BCUT2D eigenvalue weighted by molar-refractivity contribution is -0.262. The van der Waals surface area contributed by atoms with E-state index in [1.54, 1.807) is 19.1 Å². The molecule has 0 saturated carbocycles. The number of aryl methyl sites for hydroxylation is 1. The molecule has 1 saturated heterocycles. The molecule has 0 radical (unpaired) electrons. The molecule has 1 aromatic rings. The van der Waals surface area contributed by atoms with Crippen LogP contribution in [0.3, 0.4) is 0 Å². The summed E-state index contributed by atoms with van der Waals surface area (Å²) in [4.78, 5) is 0. The monoisotopic (exact) mass is 294 g/mol. The number of hydrogen-bond acceptors (Lipinski definition) is 1. The largest absolute Gasteiger partial charge is 0.402 e. The Labute approximate surface area is 99.7 Å². The first-order valence-electron chi connectivity index (χ1n) is 4.78. The Hall–Kier alpha value is -0.550. The summed E-state index contributed by atoms with van der Waals surface area (Å²) in [5.41, 5.74) is -0.870. The molecule has 1 aliphatic heterocycles. The summed E-state index contributed by atoms with van der Waals surface area (Å²) >= 11 is 3.20. The fourth-order valence-corrected chi connectivity index (χ4v) is 2.25. The summed E-state index contributed by atoms with van der Waals surface area (Å²) in [6.45, 7) is 1.12. The van der Waals surface area contributed by atoms with Gasteiger partial charge in [0.2, 0.25) is 0 Å². The molecule has 1 nitrogen and oxygen atoms in total. The molecule has 2 rings (SSSR count). The molecule has 0 aromatic heterocycles. The second-order valence-electron chi connectivity index (χ2n) is 4.03. The van der Waals surface area contributed by atoms with Gasteiger partial charge in [-0.3, -0.25) is 0 Å². The quantitative estimate of drug-likeness (QED) is 0.769. The zero-order chi connectivity index (χ0) is 12.0. The van der Waals surface area contributed by atoms with Crippen LogP contribution in [0.4, 0.5) is 13.2 Å². The van der Waals surface area contributed by atoms with Crippen molar-refractivity contribution in [3.8, 4) is 0 Å². The van der Waals surface area contributed by atoms with E-state index >= 15 is 0 Å². The van der Waals surface area contributed by atoms with Gasteiger partial charge in [-0.2, -0.15) is 13.2 Å². The summed E-state index contributed by atoms with van der Waals surface area (Å²) in [6, 6.07) is 4.96. The van der Waals surface area contributed by atoms with Crippen molar-refractivity contribution in [1.82, 2.24) is 0 Å². The molecule has 88 valence electrons. The smallest absolute Gasteiger partial charge is 0.379 e. The molecule has 0 spiro atoms. The average Bonchev–Trinajstić information content (AvgIpc) is 2.06. The van der Waals surface area contributed by atoms with E-state index in [4.69, 9.17) is 4.74 Å². The topological polar surface area (TPSA) is 9.23 Å². The molecular weight excluding hydrogens is 285 g/mol. The molecule has 5 heteroatoms. The molecule has 1 fully saturated rings. The van der Waals surface area contributed by atoms with Crippen LogP contribution in [0.1, 0.15) is 11.1 Å². The van der Waals surface area contributed by atoms with E-state index in [1.165, 1.54) is 6.07 Å². The highest BCUT2D eigenvalue weighted by molar-refractivity contribution is 9.10. The lowest BCUT2D eigenvalue weighted by atomic mass is 9.76. The number of rotatable bonds is 1. The van der Waals surface area contributed by atoms with Crippen molar-refractivity contribution >= 4 is 15.9 Å². The van der Waals surface area contributed by atoms with Crippen LogP contribution in [0.5, 0.6) is 0 Å². The lowest BCUT2D eigenvalue weighted by Crippen LogP contribution is -2.57. The van der Waals surface area contributed by atoms with Gasteiger partial charge in [0.25, 0.3) is 0 Å². The fourth-order valence-electron chi connectivity index (χ4n) is 1.89. The van der Waals surface area contributed by atoms with Gasteiger partial charge < -0.3 is 4.74 Å². The average molecular weight is 295 g/mol. The van der Waals surface area contributed by atoms with Crippen molar-refractivity contribution in [2.24, 2.45) is 0 Å². The van der Waals surface area contributed by atoms with E-state index in [0.717, 1.165) is 0 Å². The third kappa shape index (κ3) is 1.66. The van der Waals surface area contributed by atoms with Gasteiger partial charge in [0, 0.05) is 4.47 Å². The molecule has 16 heavy (non-hydrogen) atoms. The lowest BCUT2D eigenvalue weighted by Gasteiger charge is -2.43. The second-order valence-corrected chi connectivity index (χ2v) is 4.95. The molecular formula is C11H10BrF3O. The molecule has 0 unspecified atom stereocenters. The van der Waals surface area contributed by atoms with E-state index < -0.39 is 11.6 Å². The molecule has 0 N–H and O–H groups in total. The second kappa shape index (κ2) is 3.74. The van der Waals surface area contributed by atoms with Gasteiger partial charge in [-0.05, 0) is 30.2 Å². The minimum Gasteiger partial charge on any atom is -0.379 e. The third-order valence-electron chi connectivity index (χ3n) is 2.95. The van der Waals surface area contributed by atoms with E-state index in [-0.39, 0.29) is 13.2 Å². The third-order valence-corrected chi connectivity index (χ3v) is 3.45. The molecule has 1 aliphatic rings. The summed E-state index contributed by atoms with van der Waals surface area (Å²) in [5.74, 6) is 0. The van der Waals surface area contributed by atoms with E-state index in [1.807, 2.05) is 0 Å². The Morgan fingerprint density at radius 2 is 1.94 bits per heavy atom. The van der Waals surface area contributed by atoms with E-state index in [0.29, 0.717) is 15.6 Å². The van der Waals surface area contributed by atoms with Crippen LogP contribution >= 0.6 is 15.9 Å². The predicted molar refractivity (Wildman–Crippen MR) is 57.4 cm³/mol. The maximum atomic E-state index is 13.1. The number of benzene rings is 1. The van der Waals surface area contributed by atoms with Crippen molar-refractivity contribution in [3.05, 3.63) is 33.8 Å². The first kappa shape index (κ1) is 11.9. The van der Waals surface area contributed by atoms with Gasteiger partial charge in [-0.25, -0.2) is 0 Å². The minimum atomic E-state index is -4.27. The van der Waals surface area contributed by atoms with Crippen LogP contribution in [-0.2, 0) is 10.2 Å². The first-order chi connectivity index (χ1) is 7.37. The highest BCUT2D eigenvalue weighted by atomic mass is 79.9. The fraction of sp³-hybridized carbons (Fsp3) is 0.455. The van der Waals surface area contributed by atoms with Crippen molar-refractivity contribution in [2.45, 2.75) is 18.5 Å². The van der Waals surface area contributed by atoms with Crippen LogP contribution < -0.4 is 0 Å². The summed E-state index contributed by atoms with van der Waals surface area (Å²) in [5, 5.41) is 0. The first-order valence-corrected chi connectivity index (χ1v) is 5.57. The van der Waals surface area contributed by atoms with Gasteiger partial charge in [0.05, 0.1) is 13.2 Å². The SMILES string of the molecule is Cc1ccc(Br)cc1C1(C(F)(F)F)COC1. The van der Waals surface area contributed by atoms with Crippen molar-refractivity contribution in [2.75, 3.05) is 13.2 Å². The molecule has 0 amide bonds. The van der Waals surface area contributed by atoms with Crippen LogP contribution in [-0.4, -0.2) is 19.4 Å².